The van der Waals surface area contributed by atoms with E-state index in [4.69, 9.17) is 19.7 Å². The van der Waals surface area contributed by atoms with Crippen LogP contribution in [0.15, 0.2) is 94.7 Å². The second kappa shape index (κ2) is 13.2. The summed E-state index contributed by atoms with van der Waals surface area (Å²) in [6.07, 6.45) is 0. The fourth-order valence-corrected chi connectivity index (χ4v) is 6.50. The predicted molar refractivity (Wildman–Crippen MR) is 157 cm³/mol. The molecule has 1 aliphatic carbocycles. The minimum atomic E-state index is -0.131. The molecule has 0 aromatic heterocycles. The SMILES string of the molecule is O=C1c2cccc(SCc3ccc(OCCO)cc3)c2C(=O)c2cccc(SCc3ccc(OCCO)cc3)c21. The molecule has 0 unspecified atom stereocenters. The van der Waals surface area contributed by atoms with E-state index in [0.717, 1.165) is 20.9 Å². The zero-order chi connectivity index (χ0) is 27.9. The molecule has 1 aliphatic rings. The van der Waals surface area contributed by atoms with E-state index < -0.39 is 0 Å². The van der Waals surface area contributed by atoms with E-state index in [-0.39, 0.29) is 38.0 Å². The van der Waals surface area contributed by atoms with Crippen molar-refractivity contribution >= 4 is 35.1 Å². The van der Waals surface area contributed by atoms with Crippen LogP contribution >= 0.6 is 23.5 Å². The highest BCUT2D eigenvalue weighted by molar-refractivity contribution is 7.98. The summed E-state index contributed by atoms with van der Waals surface area (Å²) in [5.74, 6) is 2.38. The summed E-state index contributed by atoms with van der Waals surface area (Å²) in [7, 11) is 0. The average Bonchev–Trinajstić information content (AvgIpc) is 3.00. The van der Waals surface area contributed by atoms with Gasteiger partial charge in [-0.1, -0.05) is 48.5 Å². The lowest BCUT2D eigenvalue weighted by molar-refractivity contribution is 0.0974. The minimum absolute atomic E-state index is 0.0385. The van der Waals surface area contributed by atoms with Gasteiger partial charge in [-0.3, -0.25) is 9.59 Å². The van der Waals surface area contributed by atoms with E-state index in [9.17, 15) is 9.59 Å². The first-order chi connectivity index (χ1) is 19.6. The summed E-state index contributed by atoms with van der Waals surface area (Å²) in [6, 6.07) is 26.2. The van der Waals surface area contributed by atoms with Crippen molar-refractivity contribution in [3.8, 4) is 11.5 Å². The van der Waals surface area contributed by atoms with Crippen LogP contribution < -0.4 is 9.47 Å². The van der Waals surface area contributed by atoms with E-state index >= 15 is 0 Å². The van der Waals surface area contributed by atoms with Gasteiger partial charge in [-0.2, -0.15) is 0 Å². The quantitative estimate of drug-likeness (QED) is 0.182. The van der Waals surface area contributed by atoms with Crippen molar-refractivity contribution in [2.24, 2.45) is 0 Å². The molecule has 5 rings (SSSR count). The maximum absolute atomic E-state index is 13.7. The van der Waals surface area contributed by atoms with Gasteiger partial charge in [-0.25, -0.2) is 0 Å². The summed E-state index contributed by atoms with van der Waals surface area (Å²) in [5.41, 5.74) is 3.92. The Balaban J connectivity index is 1.32. The highest BCUT2D eigenvalue weighted by Gasteiger charge is 2.33. The number of ether oxygens (including phenoxy) is 2. The summed E-state index contributed by atoms with van der Waals surface area (Å²) in [5, 5.41) is 17.8. The van der Waals surface area contributed by atoms with Crippen LogP contribution in [0.4, 0.5) is 0 Å². The number of benzene rings is 4. The molecule has 4 aromatic rings. The molecule has 0 aliphatic heterocycles. The molecule has 0 saturated heterocycles. The second-order valence-corrected chi connectivity index (χ2v) is 11.1. The second-order valence-electron chi connectivity index (χ2n) is 9.03. The molecule has 0 radical (unpaired) electrons. The largest absolute Gasteiger partial charge is 0.491 e. The Hall–Kier alpha value is -3.56. The molecule has 204 valence electrons. The third-order valence-electron chi connectivity index (χ3n) is 6.35. The Kier molecular flexibility index (Phi) is 9.23. The van der Waals surface area contributed by atoms with Crippen LogP contribution in [0, 0.1) is 0 Å². The average molecular weight is 573 g/mol. The number of thioether (sulfide) groups is 2. The lowest BCUT2D eigenvalue weighted by atomic mass is 9.84. The van der Waals surface area contributed by atoms with E-state index in [1.54, 1.807) is 12.1 Å². The lowest BCUT2D eigenvalue weighted by Gasteiger charge is -2.22. The molecule has 0 heterocycles. The van der Waals surface area contributed by atoms with Crippen LogP contribution in [-0.2, 0) is 11.5 Å². The van der Waals surface area contributed by atoms with Gasteiger partial charge in [-0.05, 0) is 47.5 Å². The molecule has 0 amide bonds. The van der Waals surface area contributed by atoms with Gasteiger partial charge in [0.05, 0.1) is 13.2 Å². The maximum Gasteiger partial charge on any atom is 0.195 e. The van der Waals surface area contributed by atoms with E-state index in [1.807, 2.05) is 72.8 Å². The number of aliphatic hydroxyl groups is 2. The monoisotopic (exact) mass is 572 g/mol. The van der Waals surface area contributed by atoms with E-state index in [2.05, 4.69) is 0 Å². The van der Waals surface area contributed by atoms with Gasteiger partial charge in [0.1, 0.15) is 24.7 Å². The van der Waals surface area contributed by atoms with Gasteiger partial charge in [0, 0.05) is 43.6 Å². The van der Waals surface area contributed by atoms with Crippen molar-refractivity contribution < 1.29 is 29.3 Å². The zero-order valence-corrected chi connectivity index (χ0v) is 23.3. The Labute approximate surface area is 241 Å². The van der Waals surface area contributed by atoms with Crippen LogP contribution in [0.5, 0.6) is 11.5 Å². The highest BCUT2D eigenvalue weighted by Crippen LogP contribution is 2.39. The van der Waals surface area contributed by atoms with Crippen molar-refractivity contribution in [3.63, 3.8) is 0 Å². The fourth-order valence-electron chi connectivity index (χ4n) is 4.43. The number of hydrogen-bond acceptors (Lipinski definition) is 8. The van der Waals surface area contributed by atoms with Crippen LogP contribution in [-0.4, -0.2) is 48.2 Å². The number of carbonyl (C=O) groups is 2. The number of aliphatic hydroxyl groups excluding tert-OH is 2. The van der Waals surface area contributed by atoms with Crippen LogP contribution in [0.25, 0.3) is 0 Å². The Bertz CT molecular complexity index is 1380. The summed E-state index contributed by atoms with van der Waals surface area (Å²) in [4.78, 5) is 29.0. The van der Waals surface area contributed by atoms with Crippen LogP contribution in [0.3, 0.4) is 0 Å². The van der Waals surface area contributed by atoms with Crippen molar-refractivity contribution in [1.29, 1.82) is 0 Å². The Morgan fingerprint density at radius 3 is 1.32 bits per heavy atom. The van der Waals surface area contributed by atoms with Crippen molar-refractivity contribution in [3.05, 3.63) is 118 Å². The van der Waals surface area contributed by atoms with Gasteiger partial charge in [-0.15, -0.1) is 23.5 Å². The molecule has 4 aromatic carbocycles. The molecule has 2 N–H and O–H groups in total. The standard InChI is InChI=1S/C32H28O6S2/c33-15-17-37-23-11-7-21(8-12-23)19-39-27-5-1-3-25-29(27)32(36)26-4-2-6-28(30(26)31(25)35)40-20-22-9-13-24(14-10-22)38-18-16-34/h1-14,33-34H,15-20H2. The molecule has 0 fully saturated rings. The molecule has 6 nitrogen and oxygen atoms in total. The number of ketones is 2. The van der Waals surface area contributed by atoms with Gasteiger partial charge in [0.15, 0.2) is 11.6 Å². The number of fused-ring (bicyclic) bond motifs is 2. The highest BCUT2D eigenvalue weighted by atomic mass is 32.2. The van der Waals surface area contributed by atoms with Crippen molar-refractivity contribution in [2.45, 2.75) is 21.3 Å². The third-order valence-corrected chi connectivity index (χ3v) is 8.61. The minimum Gasteiger partial charge on any atom is -0.491 e. The molecule has 40 heavy (non-hydrogen) atoms. The summed E-state index contributed by atoms with van der Waals surface area (Å²) in [6.45, 7) is 0.416. The smallest absolute Gasteiger partial charge is 0.195 e. The Morgan fingerprint density at radius 1 is 0.550 bits per heavy atom. The molecule has 8 heteroatoms. The van der Waals surface area contributed by atoms with E-state index in [1.165, 1.54) is 23.5 Å². The number of hydrogen-bond donors (Lipinski definition) is 2. The van der Waals surface area contributed by atoms with Gasteiger partial charge >= 0.3 is 0 Å². The van der Waals surface area contributed by atoms with Crippen molar-refractivity contribution in [2.75, 3.05) is 26.4 Å². The van der Waals surface area contributed by atoms with Crippen LogP contribution in [0.2, 0.25) is 0 Å². The summed E-state index contributed by atoms with van der Waals surface area (Å²) >= 11 is 3.05. The van der Waals surface area contributed by atoms with E-state index in [0.29, 0.717) is 45.3 Å². The first-order valence-electron chi connectivity index (χ1n) is 12.8. The van der Waals surface area contributed by atoms with Gasteiger partial charge in [0.2, 0.25) is 0 Å². The molecule has 0 bridgehead atoms. The molecule has 0 atom stereocenters. The van der Waals surface area contributed by atoms with Crippen LogP contribution in [0.1, 0.15) is 43.0 Å². The first kappa shape index (κ1) is 28.0. The zero-order valence-electron chi connectivity index (χ0n) is 21.7. The summed E-state index contributed by atoms with van der Waals surface area (Å²) < 4.78 is 10.8. The lowest BCUT2D eigenvalue weighted by Crippen LogP contribution is -2.22. The first-order valence-corrected chi connectivity index (χ1v) is 14.8. The molecular weight excluding hydrogens is 544 g/mol. The molecular formula is C32H28O6S2. The fraction of sp³-hybridized carbons (Fsp3) is 0.188. The van der Waals surface area contributed by atoms with Crippen molar-refractivity contribution in [1.82, 2.24) is 0 Å². The number of carbonyl (C=O) groups excluding carboxylic acids is 2. The van der Waals surface area contributed by atoms with Gasteiger partial charge in [0.25, 0.3) is 0 Å². The third kappa shape index (κ3) is 6.26. The molecule has 0 spiro atoms. The maximum atomic E-state index is 13.7. The van der Waals surface area contributed by atoms with Gasteiger partial charge < -0.3 is 19.7 Å². The molecule has 0 saturated carbocycles. The normalized spacial score (nSPS) is 12.2. The predicted octanol–water partition coefficient (Wildman–Crippen LogP) is 5.79. The topological polar surface area (TPSA) is 93.1 Å². The Morgan fingerprint density at radius 2 is 0.950 bits per heavy atom. The number of rotatable bonds is 12.